The van der Waals surface area contributed by atoms with Crippen molar-refractivity contribution in [2.75, 3.05) is 5.73 Å². The van der Waals surface area contributed by atoms with Crippen LogP contribution in [0.15, 0.2) is 29.6 Å². The highest BCUT2D eigenvalue weighted by molar-refractivity contribution is 7.09. The quantitative estimate of drug-likeness (QED) is 0.752. The van der Waals surface area contributed by atoms with Gasteiger partial charge in [-0.1, -0.05) is 6.07 Å². The first kappa shape index (κ1) is 10.3. The zero-order valence-corrected chi connectivity index (χ0v) is 10.2. The fourth-order valence-electron chi connectivity index (χ4n) is 1.79. The number of anilines is 1. The normalized spacial score (nSPS) is 11.1. The molecule has 0 saturated heterocycles. The van der Waals surface area contributed by atoms with Crippen LogP contribution in [-0.2, 0) is 6.42 Å². The lowest BCUT2D eigenvalue weighted by atomic mass is 10.3. The Morgan fingerprint density at radius 3 is 2.94 bits per heavy atom. The SMILES string of the molecule is Cc1ccc(N)c2nc(Cc3cccs3)nn12. The van der Waals surface area contributed by atoms with Crippen molar-refractivity contribution in [1.29, 1.82) is 0 Å². The molecule has 0 radical (unpaired) electrons. The highest BCUT2D eigenvalue weighted by Crippen LogP contribution is 2.17. The summed E-state index contributed by atoms with van der Waals surface area (Å²) in [5, 5.41) is 6.54. The van der Waals surface area contributed by atoms with E-state index < -0.39 is 0 Å². The monoisotopic (exact) mass is 244 g/mol. The second kappa shape index (κ2) is 3.85. The molecule has 0 aromatic carbocycles. The molecule has 4 nitrogen and oxygen atoms in total. The molecule has 5 heteroatoms. The van der Waals surface area contributed by atoms with Gasteiger partial charge in [0.1, 0.15) is 0 Å². The van der Waals surface area contributed by atoms with E-state index in [4.69, 9.17) is 5.73 Å². The summed E-state index contributed by atoms with van der Waals surface area (Å²) in [4.78, 5) is 5.74. The van der Waals surface area contributed by atoms with Gasteiger partial charge in [-0.3, -0.25) is 0 Å². The lowest BCUT2D eigenvalue weighted by Gasteiger charge is -1.98. The molecular weight excluding hydrogens is 232 g/mol. The second-order valence-electron chi connectivity index (χ2n) is 3.95. The minimum absolute atomic E-state index is 0.667. The van der Waals surface area contributed by atoms with E-state index in [0.29, 0.717) is 5.69 Å². The van der Waals surface area contributed by atoms with Crippen LogP contribution in [-0.4, -0.2) is 14.6 Å². The molecule has 0 fully saturated rings. The van der Waals surface area contributed by atoms with Crippen molar-refractivity contribution in [2.45, 2.75) is 13.3 Å². The maximum atomic E-state index is 5.89. The van der Waals surface area contributed by atoms with E-state index in [1.54, 1.807) is 15.9 Å². The summed E-state index contributed by atoms with van der Waals surface area (Å²) in [5.74, 6) is 0.813. The molecule has 3 aromatic rings. The van der Waals surface area contributed by atoms with Gasteiger partial charge in [0.2, 0.25) is 0 Å². The molecule has 3 rings (SSSR count). The third-order valence-electron chi connectivity index (χ3n) is 2.66. The summed E-state index contributed by atoms with van der Waals surface area (Å²) in [6.45, 7) is 2.00. The number of nitrogen functional groups attached to an aromatic ring is 1. The number of pyridine rings is 1. The molecule has 3 aromatic heterocycles. The molecule has 0 saturated carbocycles. The number of fused-ring (bicyclic) bond motifs is 1. The topological polar surface area (TPSA) is 56.2 Å². The number of hydrogen-bond acceptors (Lipinski definition) is 4. The number of hydrogen-bond donors (Lipinski definition) is 1. The molecule has 0 bridgehead atoms. The first-order valence-corrected chi connectivity index (χ1v) is 6.25. The van der Waals surface area contributed by atoms with Crippen molar-refractivity contribution in [3.8, 4) is 0 Å². The average molecular weight is 244 g/mol. The molecule has 86 valence electrons. The predicted molar refractivity (Wildman–Crippen MR) is 69.3 cm³/mol. The number of nitrogens with zero attached hydrogens (tertiary/aromatic N) is 3. The van der Waals surface area contributed by atoms with Gasteiger partial charge in [-0.25, -0.2) is 9.50 Å². The van der Waals surface area contributed by atoms with E-state index in [1.165, 1.54) is 4.88 Å². The van der Waals surface area contributed by atoms with Gasteiger partial charge in [0.25, 0.3) is 0 Å². The first-order valence-electron chi connectivity index (χ1n) is 5.37. The van der Waals surface area contributed by atoms with Gasteiger partial charge in [0.15, 0.2) is 11.5 Å². The summed E-state index contributed by atoms with van der Waals surface area (Å²) in [6.07, 6.45) is 0.762. The van der Waals surface area contributed by atoms with Crippen LogP contribution in [0.1, 0.15) is 16.4 Å². The van der Waals surface area contributed by atoms with Crippen molar-refractivity contribution in [3.05, 3.63) is 46.0 Å². The molecule has 0 atom stereocenters. The van der Waals surface area contributed by atoms with E-state index in [1.807, 2.05) is 25.1 Å². The molecule has 0 amide bonds. The van der Waals surface area contributed by atoms with Crippen LogP contribution < -0.4 is 5.73 Å². The smallest absolute Gasteiger partial charge is 0.178 e. The summed E-state index contributed by atoms with van der Waals surface area (Å²) in [5.41, 5.74) is 8.35. The third kappa shape index (κ3) is 1.78. The van der Waals surface area contributed by atoms with E-state index in [-0.39, 0.29) is 0 Å². The van der Waals surface area contributed by atoms with Gasteiger partial charge in [-0.2, -0.15) is 5.10 Å². The van der Waals surface area contributed by atoms with Crippen LogP contribution in [0.25, 0.3) is 5.65 Å². The highest BCUT2D eigenvalue weighted by atomic mass is 32.1. The van der Waals surface area contributed by atoms with Crippen molar-refractivity contribution in [2.24, 2.45) is 0 Å². The van der Waals surface area contributed by atoms with E-state index >= 15 is 0 Å². The summed E-state index contributed by atoms with van der Waals surface area (Å²) < 4.78 is 1.80. The Hall–Kier alpha value is -1.88. The largest absolute Gasteiger partial charge is 0.396 e. The molecule has 0 unspecified atom stereocenters. The lowest BCUT2D eigenvalue weighted by Crippen LogP contribution is -1.97. The zero-order valence-electron chi connectivity index (χ0n) is 9.42. The third-order valence-corrected chi connectivity index (χ3v) is 3.54. The van der Waals surface area contributed by atoms with Crippen molar-refractivity contribution in [1.82, 2.24) is 14.6 Å². The minimum atomic E-state index is 0.667. The van der Waals surface area contributed by atoms with Crippen LogP contribution in [0.3, 0.4) is 0 Å². The minimum Gasteiger partial charge on any atom is -0.396 e. The van der Waals surface area contributed by atoms with Crippen LogP contribution in [0.5, 0.6) is 0 Å². The van der Waals surface area contributed by atoms with Crippen LogP contribution in [0, 0.1) is 6.92 Å². The zero-order chi connectivity index (χ0) is 11.8. The van der Waals surface area contributed by atoms with Crippen LogP contribution >= 0.6 is 11.3 Å². The van der Waals surface area contributed by atoms with Gasteiger partial charge in [-0.05, 0) is 30.5 Å². The Balaban J connectivity index is 2.07. The Bertz CT molecular complexity index is 616. The highest BCUT2D eigenvalue weighted by Gasteiger charge is 2.09. The number of aryl methyl sites for hydroxylation is 1. The Labute approximate surface area is 103 Å². The maximum Gasteiger partial charge on any atom is 0.178 e. The molecular formula is C12H12N4S. The number of aromatic nitrogens is 3. The fourth-order valence-corrected chi connectivity index (χ4v) is 2.49. The Kier molecular flexibility index (Phi) is 2.33. The summed E-state index contributed by atoms with van der Waals surface area (Å²) in [6, 6.07) is 7.95. The summed E-state index contributed by atoms with van der Waals surface area (Å²) in [7, 11) is 0. The Morgan fingerprint density at radius 1 is 1.35 bits per heavy atom. The molecule has 3 heterocycles. The molecule has 17 heavy (non-hydrogen) atoms. The lowest BCUT2D eigenvalue weighted by molar-refractivity contribution is 0.874. The van der Waals surface area contributed by atoms with Gasteiger partial charge < -0.3 is 5.73 Å². The predicted octanol–water partition coefficient (Wildman–Crippen LogP) is 2.27. The van der Waals surface area contributed by atoms with Gasteiger partial charge in [-0.15, -0.1) is 11.3 Å². The van der Waals surface area contributed by atoms with Gasteiger partial charge in [0, 0.05) is 17.0 Å². The number of rotatable bonds is 2. The number of thiophene rings is 1. The Morgan fingerprint density at radius 2 is 2.24 bits per heavy atom. The van der Waals surface area contributed by atoms with Crippen LogP contribution in [0.2, 0.25) is 0 Å². The van der Waals surface area contributed by atoms with E-state index in [2.05, 4.69) is 21.5 Å². The molecule has 0 aliphatic rings. The first-order chi connectivity index (χ1) is 8.24. The van der Waals surface area contributed by atoms with Crippen molar-refractivity contribution < 1.29 is 0 Å². The fraction of sp³-hybridized carbons (Fsp3) is 0.167. The van der Waals surface area contributed by atoms with E-state index in [9.17, 15) is 0 Å². The standard InChI is InChI=1S/C12H12N4S/c1-8-4-5-10(13)12-14-11(15-16(8)12)7-9-3-2-6-17-9/h2-6H,7,13H2,1H3. The summed E-state index contributed by atoms with van der Waals surface area (Å²) >= 11 is 1.72. The van der Waals surface area contributed by atoms with Gasteiger partial charge >= 0.3 is 0 Å². The molecule has 0 aliphatic heterocycles. The molecule has 2 N–H and O–H groups in total. The van der Waals surface area contributed by atoms with Crippen molar-refractivity contribution >= 4 is 22.7 Å². The maximum absolute atomic E-state index is 5.89. The second-order valence-corrected chi connectivity index (χ2v) is 4.98. The van der Waals surface area contributed by atoms with Gasteiger partial charge in [0.05, 0.1) is 5.69 Å². The van der Waals surface area contributed by atoms with Crippen molar-refractivity contribution in [3.63, 3.8) is 0 Å². The number of nitrogens with two attached hydrogens (primary N) is 1. The average Bonchev–Trinajstić information content (AvgIpc) is 2.94. The van der Waals surface area contributed by atoms with E-state index in [0.717, 1.165) is 23.6 Å². The van der Waals surface area contributed by atoms with Crippen LogP contribution in [0.4, 0.5) is 5.69 Å². The molecule has 0 spiro atoms. The molecule has 0 aliphatic carbocycles.